The first-order valence-electron chi connectivity index (χ1n) is 7.28. The van der Waals surface area contributed by atoms with E-state index in [2.05, 4.69) is 40.6 Å². The van der Waals surface area contributed by atoms with Gasteiger partial charge in [-0.1, -0.05) is 19.9 Å². The Kier molecular flexibility index (Phi) is 4.20. The maximum atomic E-state index is 12.5. The average Bonchev–Trinajstić information content (AvgIpc) is 3.16. The summed E-state index contributed by atoms with van der Waals surface area (Å²) in [7, 11) is 0. The molecule has 2 N–H and O–H groups in total. The monoisotopic (exact) mass is 314 g/mol. The van der Waals surface area contributed by atoms with Crippen molar-refractivity contribution < 1.29 is 4.79 Å². The standard InChI is InChI=1S/C16H18N4OS/c1-10(2)8-14(15-4-3-7-22-15)17-16(21)11-5-6-12-13(9-11)19-20-18-12/h3-7,9-10,14H,8H2,1-2H3,(H,17,21)(H,18,19,20). The molecule has 0 spiro atoms. The molecule has 0 aliphatic heterocycles. The van der Waals surface area contributed by atoms with E-state index in [-0.39, 0.29) is 11.9 Å². The zero-order valence-electron chi connectivity index (χ0n) is 12.5. The van der Waals surface area contributed by atoms with Crippen LogP contribution in [0.3, 0.4) is 0 Å². The van der Waals surface area contributed by atoms with Crippen molar-refractivity contribution in [2.45, 2.75) is 26.3 Å². The number of carbonyl (C=O) groups is 1. The van der Waals surface area contributed by atoms with Gasteiger partial charge >= 0.3 is 0 Å². The van der Waals surface area contributed by atoms with Crippen LogP contribution in [-0.2, 0) is 0 Å². The van der Waals surface area contributed by atoms with Crippen LogP contribution in [0.4, 0.5) is 0 Å². The maximum Gasteiger partial charge on any atom is 0.251 e. The first-order valence-corrected chi connectivity index (χ1v) is 8.16. The molecule has 0 aliphatic carbocycles. The number of hydrogen-bond acceptors (Lipinski definition) is 4. The molecule has 3 rings (SSSR count). The topological polar surface area (TPSA) is 70.7 Å². The second kappa shape index (κ2) is 6.27. The van der Waals surface area contributed by atoms with E-state index in [1.807, 2.05) is 11.4 Å². The molecular weight excluding hydrogens is 296 g/mol. The largest absolute Gasteiger partial charge is 0.344 e. The number of aromatic amines is 1. The van der Waals surface area contributed by atoms with Crippen LogP contribution < -0.4 is 5.32 Å². The molecule has 0 aliphatic rings. The smallest absolute Gasteiger partial charge is 0.251 e. The fourth-order valence-electron chi connectivity index (χ4n) is 2.43. The van der Waals surface area contributed by atoms with E-state index in [4.69, 9.17) is 0 Å². The minimum Gasteiger partial charge on any atom is -0.344 e. The van der Waals surface area contributed by atoms with Gasteiger partial charge in [-0.05, 0) is 42.0 Å². The van der Waals surface area contributed by atoms with E-state index in [9.17, 15) is 4.79 Å². The highest BCUT2D eigenvalue weighted by Gasteiger charge is 2.18. The summed E-state index contributed by atoms with van der Waals surface area (Å²) < 4.78 is 0. The van der Waals surface area contributed by atoms with Crippen molar-refractivity contribution in [3.05, 3.63) is 46.2 Å². The zero-order valence-corrected chi connectivity index (χ0v) is 13.4. The van der Waals surface area contributed by atoms with Crippen LogP contribution in [-0.4, -0.2) is 21.3 Å². The van der Waals surface area contributed by atoms with E-state index >= 15 is 0 Å². The molecule has 0 fully saturated rings. The molecule has 3 aromatic rings. The van der Waals surface area contributed by atoms with Crippen molar-refractivity contribution >= 4 is 28.3 Å². The van der Waals surface area contributed by atoms with Gasteiger partial charge in [0.25, 0.3) is 5.91 Å². The molecule has 22 heavy (non-hydrogen) atoms. The van der Waals surface area contributed by atoms with Crippen molar-refractivity contribution in [3.8, 4) is 0 Å². The number of fused-ring (bicyclic) bond motifs is 1. The van der Waals surface area contributed by atoms with Crippen LogP contribution in [0.5, 0.6) is 0 Å². The number of carbonyl (C=O) groups excluding carboxylic acids is 1. The lowest BCUT2D eigenvalue weighted by Crippen LogP contribution is -2.29. The fourth-order valence-corrected chi connectivity index (χ4v) is 3.22. The summed E-state index contributed by atoms with van der Waals surface area (Å²) in [5.74, 6) is 0.425. The number of thiophene rings is 1. The Hall–Kier alpha value is -2.21. The highest BCUT2D eigenvalue weighted by atomic mass is 32.1. The molecule has 1 atom stereocenters. The van der Waals surface area contributed by atoms with Gasteiger partial charge < -0.3 is 5.32 Å². The lowest BCUT2D eigenvalue weighted by atomic mass is 10.0. The third kappa shape index (κ3) is 3.17. The molecule has 6 heteroatoms. The van der Waals surface area contributed by atoms with Gasteiger partial charge in [0.1, 0.15) is 11.0 Å². The Morgan fingerprint density at radius 2 is 2.09 bits per heavy atom. The number of aromatic nitrogens is 3. The highest BCUT2D eigenvalue weighted by Crippen LogP contribution is 2.25. The summed E-state index contributed by atoms with van der Waals surface area (Å²) in [6.07, 6.45) is 0.915. The Bertz CT molecular complexity index is 763. The minimum atomic E-state index is -0.0797. The third-order valence-corrected chi connectivity index (χ3v) is 4.46. The molecule has 5 nitrogen and oxygen atoms in total. The van der Waals surface area contributed by atoms with Crippen LogP contribution in [0.2, 0.25) is 0 Å². The van der Waals surface area contributed by atoms with E-state index in [0.717, 1.165) is 11.9 Å². The van der Waals surface area contributed by atoms with Gasteiger partial charge in [-0.25, -0.2) is 0 Å². The normalized spacial score (nSPS) is 12.7. The van der Waals surface area contributed by atoms with Crippen LogP contribution in [0, 0.1) is 5.92 Å². The molecule has 114 valence electrons. The molecule has 1 amide bonds. The quantitative estimate of drug-likeness (QED) is 0.756. The number of nitrogens with zero attached hydrogens (tertiary/aromatic N) is 2. The Morgan fingerprint density at radius 3 is 2.82 bits per heavy atom. The number of hydrogen-bond donors (Lipinski definition) is 2. The summed E-state index contributed by atoms with van der Waals surface area (Å²) in [6, 6.07) is 9.46. The first-order chi connectivity index (χ1) is 10.6. The third-order valence-electron chi connectivity index (χ3n) is 3.48. The van der Waals surface area contributed by atoms with E-state index < -0.39 is 0 Å². The number of nitrogens with one attached hydrogen (secondary N) is 2. The molecule has 2 heterocycles. The first kappa shape index (κ1) is 14.7. The lowest BCUT2D eigenvalue weighted by Gasteiger charge is -2.19. The van der Waals surface area contributed by atoms with Gasteiger partial charge in [0, 0.05) is 10.4 Å². The number of rotatable bonds is 5. The Morgan fingerprint density at radius 1 is 1.27 bits per heavy atom. The minimum absolute atomic E-state index is 0.0421. The fraction of sp³-hybridized carbons (Fsp3) is 0.312. The van der Waals surface area contributed by atoms with Crippen LogP contribution >= 0.6 is 11.3 Å². The molecular formula is C16H18N4OS. The van der Waals surface area contributed by atoms with Crippen molar-refractivity contribution in [1.82, 2.24) is 20.7 Å². The van der Waals surface area contributed by atoms with Gasteiger partial charge in [-0.2, -0.15) is 15.4 Å². The summed E-state index contributed by atoms with van der Waals surface area (Å²) in [5.41, 5.74) is 2.06. The predicted molar refractivity (Wildman–Crippen MR) is 87.9 cm³/mol. The van der Waals surface area contributed by atoms with Crippen molar-refractivity contribution in [2.24, 2.45) is 5.92 Å². The van der Waals surface area contributed by atoms with Crippen molar-refractivity contribution in [1.29, 1.82) is 0 Å². The van der Waals surface area contributed by atoms with Gasteiger partial charge in [0.2, 0.25) is 0 Å². The van der Waals surface area contributed by atoms with Crippen LogP contribution in [0.15, 0.2) is 35.7 Å². The summed E-state index contributed by atoms with van der Waals surface area (Å²) in [5, 5.41) is 15.8. The lowest BCUT2D eigenvalue weighted by molar-refractivity contribution is 0.0933. The molecule has 0 saturated heterocycles. The second-order valence-corrected chi connectivity index (χ2v) is 6.68. The van der Waals surface area contributed by atoms with Crippen LogP contribution in [0.25, 0.3) is 11.0 Å². The van der Waals surface area contributed by atoms with Crippen LogP contribution in [0.1, 0.15) is 41.5 Å². The SMILES string of the molecule is CC(C)CC(NC(=O)c1ccc2n[nH]nc2c1)c1cccs1. The van der Waals surface area contributed by atoms with E-state index in [1.165, 1.54) is 4.88 Å². The average molecular weight is 314 g/mol. The van der Waals surface area contributed by atoms with Gasteiger partial charge in [0.05, 0.1) is 6.04 Å². The number of benzene rings is 1. The van der Waals surface area contributed by atoms with Crippen molar-refractivity contribution in [2.75, 3.05) is 0 Å². The second-order valence-electron chi connectivity index (χ2n) is 5.70. The highest BCUT2D eigenvalue weighted by molar-refractivity contribution is 7.10. The van der Waals surface area contributed by atoms with Gasteiger partial charge in [-0.3, -0.25) is 4.79 Å². The maximum absolute atomic E-state index is 12.5. The van der Waals surface area contributed by atoms with E-state index in [0.29, 0.717) is 17.0 Å². The summed E-state index contributed by atoms with van der Waals surface area (Å²) >= 11 is 1.67. The molecule has 0 saturated carbocycles. The predicted octanol–water partition coefficient (Wildman–Crippen LogP) is 3.54. The Balaban J connectivity index is 1.80. The Labute approximate surface area is 132 Å². The molecule has 2 aromatic heterocycles. The summed E-state index contributed by atoms with van der Waals surface area (Å²) in [6.45, 7) is 4.32. The van der Waals surface area contributed by atoms with Gasteiger partial charge in [-0.15, -0.1) is 11.3 Å². The van der Waals surface area contributed by atoms with Gasteiger partial charge in [0.15, 0.2) is 0 Å². The number of amides is 1. The summed E-state index contributed by atoms with van der Waals surface area (Å²) in [4.78, 5) is 13.7. The van der Waals surface area contributed by atoms with E-state index in [1.54, 1.807) is 29.5 Å². The number of H-pyrrole nitrogens is 1. The molecule has 1 aromatic carbocycles. The zero-order chi connectivity index (χ0) is 15.5. The molecule has 0 radical (unpaired) electrons. The molecule has 0 bridgehead atoms. The molecule has 1 unspecified atom stereocenters. The van der Waals surface area contributed by atoms with Crippen molar-refractivity contribution in [3.63, 3.8) is 0 Å².